The van der Waals surface area contributed by atoms with Gasteiger partial charge in [0, 0.05) is 37.7 Å². The highest BCUT2D eigenvalue weighted by atomic mass is 35.5. The van der Waals surface area contributed by atoms with Crippen LogP contribution in [-0.2, 0) is 4.79 Å². The molecule has 4 nitrogen and oxygen atoms in total. The highest BCUT2D eigenvalue weighted by molar-refractivity contribution is 5.85. The Morgan fingerprint density at radius 3 is 2.88 bits per heavy atom. The maximum atomic E-state index is 10.6. The van der Waals surface area contributed by atoms with Crippen molar-refractivity contribution in [3.05, 3.63) is 23.8 Å². The number of halogens is 1. The molecule has 0 aliphatic carbocycles. The summed E-state index contributed by atoms with van der Waals surface area (Å²) in [4.78, 5) is 12.6. The number of carbonyl (C=O) groups is 1. The van der Waals surface area contributed by atoms with E-state index in [1.807, 2.05) is 13.1 Å². The van der Waals surface area contributed by atoms with Crippen LogP contribution in [0, 0.1) is 0 Å². The molecule has 1 heterocycles. The molecular weight excluding hydrogens is 242 g/mol. The molecule has 0 radical (unpaired) electrons. The van der Waals surface area contributed by atoms with Crippen LogP contribution in [0.2, 0.25) is 0 Å². The fourth-order valence-corrected chi connectivity index (χ4v) is 2.28. The number of benzene rings is 1. The van der Waals surface area contributed by atoms with Gasteiger partial charge in [-0.1, -0.05) is 6.07 Å². The maximum Gasteiger partial charge on any atom is 0.303 e. The van der Waals surface area contributed by atoms with Crippen molar-refractivity contribution in [3.63, 3.8) is 0 Å². The van der Waals surface area contributed by atoms with Crippen LogP contribution >= 0.6 is 12.4 Å². The number of hydrogen-bond donors (Lipinski definition) is 2. The van der Waals surface area contributed by atoms with Crippen LogP contribution in [0.15, 0.2) is 18.2 Å². The lowest BCUT2D eigenvalue weighted by molar-refractivity contribution is -0.137. The summed E-state index contributed by atoms with van der Waals surface area (Å²) in [6.45, 7) is 0.825. The van der Waals surface area contributed by atoms with E-state index in [1.54, 1.807) is 12.1 Å². The molecule has 1 aromatic carbocycles. The molecule has 1 unspecified atom stereocenters. The van der Waals surface area contributed by atoms with Crippen molar-refractivity contribution >= 4 is 24.1 Å². The first-order chi connectivity index (χ1) is 7.58. The predicted molar refractivity (Wildman–Crippen MR) is 68.2 cm³/mol. The van der Waals surface area contributed by atoms with Gasteiger partial charge in [-0.25, -0.2) is 0 Å². The minimum Gasteiger partial charge on any atom is -0.508 e. The molecule has 2 N–H and O–H groups in total. The molecular formula is C12H16ClNO3. The fourth-order valence-electron chi connectivity index (χ4n) is 2.28. The molecule has 0 saturated heterocycles. The molecule has 0 amide bonds. The van der Waals surface area contributed by atoms with Gasteiger partial charge in [-0.05, 0) is 18.1 Å². The SMILES string of the molecule is CN1CC(CCC(=O)O)c2ccc(O)cc21.Cl. The van der Waals surface area contributed by atoms with Crippen LogP contribution in [0.1, 0.15) is 24.3 Å². The zero-order valence-corrected chi connectivity index (χ0v) is 10.4. The van der Waals surface area contributed by atoms with Gasteiger partial charge in [0.05, 0.1) is 0 Å². The summed E-state index contributed by atoms with van der Waals surface area (Å²) in [6, 6.07) is 5.28. The third-order valence-corrected chi connectivity index (χ3v) is 3.07. The van der Waals surface area contributed by atoms with Gasteiger partial charge < -0.3 is 15.1 Å². The summed E-state index contributed by atoms with van der Waals surface area (Å²) in [6.07, 6.45) is 0.844. The van der Waals surface area contributed by atoms with E-state index in [9.17, 15) is 9.90 Å². The highest BCUT2D eigenvalue weighted by Gasteiger charge is 2.26. The Labute approximate surface area is 106 Å². The molecule has 94 valence electrons. The Balaban J connectivity index is 0.00000144. The zero-order valence-electron chi connectivity index (χ0n) is 9.59. The first-order valence-corrected chi connectivity index (χ1v) is 5.34. The number of phenolic OH excluding ortho intramolecular Hbond substituents is 1. The van der Waals surface area contributed by atoms with E-state index >= 15 is 0 Å². The van der Waals surface area contributed by atoms with Gasteiger partial charge in [-0.3, -0.25) is 4.79 Å². The first kappa shape index (κ1) is 13.6. The fraction of sp³-hybridized carbons (Fsp3) is 0.417. The second-order valence-corrected chi connectivity index (χ2v) is 4.25. The zero-order chi connectivity index (χ0) is 11.7. The number of likely N-dealkylation sites (N-methyl/N-ethyl adjacent to an activating group) is 1. The minimum absolute atomic E-state index is 0. The molecule has 0 saturated carbocycles. The highest BCUT2D eigenvalue weighted by Crippen LogP contribution is 2.39. The number of phenols is 1. The molecule has 2 rings (SSSR count). The number of carboxylic acids is 1. The Kier molecular flexibility index (Phi) is 4.23. The second-order valence-electron chi connectivity index (χ2n) is 4.25. The third-order valence-electron chi connectivity index (χ3n) is 3.07. The lowest BCUT2D eigenvalue weighted by Crippen LogP contribution is -2.15. The lowest BCUT2D eigenvalue weighted by Gasteiger charge is -2.12. The first-order valence-electron chi connectivity index (χ1n) is 5.34. The van der Waals surface area contributed by atoms with Crippen molar-refractivity contribution in [1.29, 1.82) is 0 Å². The van der Waals surface area contributed by atoms with Crippen LogP contribution in [0.3, 0.4) is 0 Å². The van der Waals surface area contributed by atoms with Gasteiger partial charge in [0.15, 0.2) is 0 Å². The molecule has 0 bridgehead atoms. The largest absolute Gasteiger partial charge is 0.508 e. The molecule has 1 aliphatic rings. The number of carboxylic acid groups (broad SMARTS) is 1. The molecule has 1 aliphatic heterocycles. The minimum atomic E-state index is -0.755. The van der Waals surface area contributed by atoms with E-state index in [4.69, 9.17) is 5.11 Å². The molecule has 5 heteroatoms. The van der Waals surface area contributed by atoms with E-state index in [0.717, 1.165) is 17.8 Å². The molecule has 17 heavy (non-hydrogen) atoms. The van der Waals surface area contributed by atoms with Gasteiger partial charge in [0.25, 0.3) is 0 Å². The molecule has 1 aromatic rings. The van der Waals surface area contributed by atoms with Crippen molar-refractivity contribution in [1.82, 2.24) is 0 Å². The number of aromatic hydroxyl groups is 1. The lowest BCUT2D eigenvalue weighted by atomic mass is 9.96. The Morgan fingerprint density at radius 1 is 1.53 bits per heavy atom. The van der Waals surface area contributed by atoms with Crippen LogP contribution in [0.5, 0.6) is 5.75 Å². The van der Waals surface area contributed by atoms with Crippen LogP contribution < -0.4 is 4.90 Å². The van der Waals surface area contributed by atoms with E-state index in [0.29, 0.717) is 6.42 Å². The second kappa shape index (κ2) is 5.27. The van der Waals surface area contributed by atoms with E-state index in [-0.39, 0.29) is 30.5 Å². The molecule has 1 atom stereocenters. The number of fused-ring (bicyclic) bond motifs is 1. The van der Waals surface area contributed by atoms with Gasteiger partial charge in [-0.2, -0.15) is 0 Å². The predicted octanol–water partition coefficient (Wildman–Crippen LogP) is 2.21. The van der Waals surface area contributed by atoms with Crippen LogP contribution in [0.25, 0.3) is 0 Å². The van der Waals surface area contributed by atoms with E-state index in [1.165, 1.54) is 0 Å². The number of aliphatic carboxylic acids is 1. The third kappa shape index (κ3) is 2.82. The van der Waals surface area contributed by atoms with Crippen molar-refractivity contribution < 1.29 is 15.0 Å². The summed E-state index contributed by atoms with van der Waals surface area (Å²) >= 11 is 0. The van der Waals surface area contributed by atoms with Crippen molar-refractivity contribution in [2.24, 2.45) is 0 Å². The summed E-state index contributed by atoms with van der Waals surface area (Å²) in [5.41, 5.74) is 2.15. The standard InChI is InChI=1S/C12H15NO3.ClH/c1-13-7-8(2-5-12(15)16)10-4-3-9(14)6-11(10)13;/h3-4,6,8,14H,2,5,7H2,1H3,(H,15,16);1H. The monoisotopic (exact) mass is 257 g/mol. The Bertz CT molecular complexity index is 422. The quantitative estimate of drug-likeness (QED) is 0.872. The molecule has 0 spiro atoms. The summed E-state index contributed by atoms with van der Waals surface area (Å²) < 4.78 is 0. The Morgan fingerprint density at radius 2 is 2.24 bits per heavy atom. The average molecular weight is 258 g/mol. The molecule has 0 fully saturated rings. The van der Waals surface area contributed by atoms with E-state index < -0.39 is 5.97 Å². The van der Waals surface area contributed by atoms with Gasteiger partial charge in [0.2, 0.25) is 0 Å². The van der Waals surface area contributed by atoms with Crippen molar-refractivity contribution in [3.8, 4) is 5.75 Å². The van der Waals surface area contributed by atoms with Crippen LogP contribution in [-0.4, -0.2) is 29.8 Å². The van der Waals surface area contributed by atoms with Crippen molar-refractivity contribution in [2.45, 2.75) is 18.8 Å². The number of nitrogens with zero attached hydrogens (tertiary/aromatic N) is 1. The number of rotatable bonds is 3. The van der Waals surface area contributed by atoms with Crippen LogP contribution in [0.4, 0.5) is 5.69 Å². The topological polar surface area (TPSA) is 60.8 Å². The van der Waals surface area contributed by atoms with Crippen molar-refractivity contribution in [2.75, 3.05) is 18.5 Å². The Hall–Kier alpha value is -1.42. The number of hydrogen-bond acceptors (Lipinski definition) is 3. The van der Waals surface area contributed by atoms with E-state index in [2.05, 4.69) is 4.90 Å². The summed E-state index contributed by atoms with van der Waals surface area (Å²) in [5, 5.41) is 18.1. The summed E-state index contributed by atoms with van der Waals surface area (Å²) in [7, 11) is 1.96. The summed E-state index contributed by atoms with van der Waals surface area (Å²) in [5.74, 6) is -0.240. The number of anilines is 1. The normalized spacial score (nSPS) is 17.5. The maximum absolute atomic E-state index is 10.6. The molecule has 0 aromatic heterocycles. The van der Waals surface area contributed by atoms with Gasteiger partial charge in [0.1, 0.15) is 5.75 Å². The van der Waals surface area contributed by atoms with Gasteiger partial charge in [-0.15, -0.1) is 12.4 Å². The average Bonchev–Trinajstić information content (AvgIpc) is 2.53. The van der Waals surface area contributed by atoms with Gasteiger partial charge >= 0.3 is 5.97 Å². The smallest absolute Gasteiger partial charge is 0.303 e.